The van der Waals surface area contributed by atoms with Crippen molar-refractivity contribution in [1.82, 2.24) is 4.72 Å². The number of carbonyl (C=O) groups is 1. The van der Waals surface area contributed by atoms with Crippen LogP contribution in [0.1, 0.15) is 24.2 Å². The Morgan fingerprint density at radius 3 is 2.44 bits per heavy atom. The molecule has 146 valence electrons. The highest BCUT2D eigenvalue weighted by Crippen LogP contribution is 2.27. The summed E-state index contributed by atoms with van der Waals surface area (Å²) in [7, 11) is -0.688. The van der Waals surface area contributed by atoms with Gasteiger partial charge in [0, 0.05) is 31.8 Å². The molecule has 8 heteroatoms. The average molecular weight is 392 g/mol. The molecule has 1 atom stereocenters. The molecule has 2 aromatic rings. The zero-order chi connectivity index (χ0) is 20.0. The molecular weight excluding hydrogens is 368 g/mol. The number of methoxy groups -OCH3 is 2. The molecule has 2 rings (SSSR count). The summed E-state index contributed by atoms with van der Waals surface area (Å²) >= 11 is 0. The normalized spacial score (nSPS) is 12.4. The Morgan fingerprint density at radius 1 is 1.15 bits per heavy atom. The second kappa shape index (κ2) is 8.98. The van der Waals surface area contributed by atoms with Gasteiger partial charge in [0.2, 0.25) is 15.9 Å². The second-order valence-electron chi connectivity index (χ2n) is 5.98. The monoisotopic (exact) mass is 392 g/mol. The summed E-state index contributed by atoms with van der Waals surface area (Å²) in [6.45, 7) is 3.12. The Kier molecular flexibility index (Phi) is 6.95. The third-order valence-corrected chi connectivity index (χ3v) is 5.60. The summed E-state index contributed by atoms with van der Waals surface area (Å²) in [5.74, 6) is 0.405. The number of carbonyl (C=O) groups excluding carboxylic acids is 1. The standard InChI is InChI=1S/C19H24N2O5S/c1-13-11-15(21-14(2)22)9-10-19(13)27(23,24)20-12-18(26-4)16-7-5-6-8-17(16)25-3/h5-11,18,20H,12H2,1-4H3,(H,21,22)/t18-/m1/s1. The van der Waals surface area contributed by atoms with Gasteiger partial charge in [-0.3, -0.25) is 4.79 Å². The maximum absolute atomic E-state index is 12.7. The topological polar surface area (TPSA) is 93.7 Å². The number of hydrogen-bond donors (Lipinski definition) is 2. The van der Waals surface area contributed by atoms with Gasteiger partial charge in [0.1, 0.15) is 5.75 Å². The number of hydrogen-bond acceptors (Lipinski definition) is 5. The molecule has 0 aliphatic rings. The molecule has 0 unspecified atom stereocenters. The molecule has 0 saturated carbocycles. The third-order valence-electron chi connectivity index (χ3n) is 4.01. The van der Waals surface area contributed by atoms with Crippen molar-refractivity contribution in [2.75, 3.05) is 26.1 Å². The Bertz CT molecular complexity index is 912. The predicted octanol–water partition coefficient (Wildman–Crippen LogP) is 2.63. The maximum atomic E-state index is 12.7. The van der Waals surface area contributed by atoms with Crippen molar-refractivity contribution in [1.29, 1.82) is 0 Å². The van der Waals surface area contributed by atoms with Crippen LogP contribution in [0.25, 0.3) is 0 Å². The van der Waals surface area contributed by atoms with Crippen LogP contribution >= 0.6 is 0 Å². The Morgan fingerprint density at radius 2 is 1.85 bits per heavy atom. The van der Waals surface area contributed by atoms with E-state index in [1.807, 2.05) is 18.2 Å². The lowest BCUT2D eigenvalue weighted by atomic mass is 10.1. The second-order valence-corrected chi connectivity index (χ2v) is 7.72. The fraction of sp³-hybridized carbons (Fsp3) is 0.316. The largest absolute Gasteiger partial charge is 0.496 e. The molecule has 0 heterocycles. The Hall–Kier alpha value is -2.42. The van der Waals surface area contributed by atoms with Gasteiger partial charge in [-0.25, -0.2) is 13.1 Å². The first kappa shape index (κ1) is 20.9. The predicted molar refractivity (Wildman–Crippen MR) is 103 cm³/mol. The van der Waals surface area contributed by atoms with Gasteiger partial charge < -0.3 is 14.8 Å². The minimum Gasteiger partial charge on any atom is -0.496 e. The molecule has 2 N–H and O–H groups in total. The molecule has 0 spiro atoms. The van der Waals surface area contributed by atoms with Gasteiger partial charge in [0.05, 0.1) is 18.1 Å². The van der Waals surface area contributed by atoms with E-state index in [0.29, 0.717) is 17.0 Å². The van der Waals surface area contributed by atoms with E-state index in [2.05, 4.69) is 10.0 Å². The van der Waals surface area contributed by atoms with Gasteiger partial charge in [-0.05, 0) is 36.8 Å². The van der Waals surface area contributed by atoms with Gasteiger partial charge >= 0.3 is 0 Å². The maximum Gasteiger partial charge on any atom is 0.240 e. The van der Waals surface area contributed by atoms with E-state index >= 15 is 0 Å². The van der Waals surface area contributed by atoms with Crippen LogP contribution in [0.4, 0.5) is 5.69 Å². The first-order chi connectivity index (χ1) is 12.8. The SMILES string of the molecule is COc1ccccc1[C@@H](CNS(=O)(=O)c1ccc(NC(C)=O)cc1C)OC. The van der Waals surface area contributed by atoms with Crippen LogP contribution in [0, 0.1) is 6.92 Å². The lowest BCUT2D eigenvalue weighted by molar-refractivity contribution is -0.114. The zero-order valence-electron chi connectivity index (χ0n) is 15.8. The van der Waals surface area contributed by atoms with Crippen molar-refractivity contribution < 1.29 is 22.7 Å². The molecule has 7 nitrogen and oxygen atoms in total. The highest BCUT2D eigenvalue weighted by molar-refractivity contribution is 7.89. The zero-order valence-corrected chi connectivity index (χ0v) is 16.6. The molecule has 0 radical (unpaired) electrons. The van der Waals surface area contributed by atoms with Crippen LogP contribution in [0.2, 0.25) is 0 Å². The van der Waals surface area contributed by atoms with E-state index in [0.717, 1.165) is 5.56 Å². The molecule has 0 aromatic heterocycles. The summed E-state index contributed by atoms with van der Waals surface area (Å²) in [6, 6.07) is 11.9. The first-order valence-corrected chi connectivity index (χ1v) is 9.80. The van der Waals surface area contributed by atoms with Crippen LogP contribution in [0.3, 0.4) is 0 Å². The van der Waals surface area contributed by atoms with Crippen molar-refractivity contribution in [2.24, 2.45) is 0 Å². The number of amides is 1. The lowest BCUT2D eigenvalue weighted by Crippen LogP contribution is -2.30. The first-order valence-electron chi connectivity index (χ1n) is 8.32. The van der Waals surface area contributed by atoms with Gasteiger partial charge in [0.25, 0.3) is 0 Å². The van der Waals surface area contributed by atoms with Crippen molar-refractivity contribution in [3.05, 3.63) is 53.6 Å². The van der Waals surface area contributed by atoms with Crippen LogP contribution in [-0.4, -0.2) is 35.1 Å². The lowest BCUT2D eigenvalue weighted by Gasteiger charge is -2.19. The van der Waals surface area contributed by atoms with E-state index < -0.39 is 16.1 Å². The van der Waals surface area contributed by atoms with Gasteiger partial charge in [0.15, 0.2) is 0 Å². The Balaban J connectivity index is 2.19. The summed E-state index contributed by atoms with van der Waals surface area (Å²) < 4.78 is 38.8. The van der Waals surface area contributed by atoms with Crippen LogP contribution in [-0.2, 0) is 19.6 Å². The molecule has 2 aromatic carbocycles. The molecule has 1 amide bonds. The highest BCUT2D eigenvalue weighted by Gasteiger charge is 2.21. The minimum absolute atomic E-state index is 0.0477. The number of sulfonamides is 1. The fourth-order valence-electron chi connectivity index (χ4n) is 2.75. The van der Waals surface area contributed by atoms with E-state index in [1.54, 1.807) is 32.2 Å². The van der Waals surface area contributed by atoms with Crippen molar-refractivity contribution in [2.45, 2.75) is 24.8 Å². The Labute approximate surface area is 159 Å². The molecule has 0 aliphatic carbocycles. The van der Waals surface area contributed by atoms with Crippen molar-refractivity contribution in [3.8, 4) is 5.75 Å². The van der Waals surface area contributed by atoms with Gasteiger partial charge in [-0.1, -0.05) is 18.2 Å². The number of anilines is 1. The summed E-state index contributed by atoms with van der Waals surface area (Å²) in [6.07, 6.45) is -0.505. The van der Waals surface area contributed by atoms with Crippen LogP contribution in [0.15, 0.2) is 47.4 Å². The van der Waals surface area contributed by atoms with Crippen molar-refractivity contribution in [3.63, 3.8) is 0 Å². The molecule has 0 bridgehead atoms. The van der Waals surface area contributed by atoms with E-state index in [9.17, 15) is 13.2 Å². The average Bonchev–Trinajstić information content (AvgIpc) is 2.61. The molecule has 27 heavy (non-hydrogen) atoms. The quantitative estimate of drug-likeness (QED) is 0.720. The number of rotatable bonds is 8. The highest BCUT2D eigenvalue weighted by atomic mass is 32.2. The number of ether oxygens (including phenoxy) is 2. The van der Waals surface area contributed by atoms with Crippen LogP contribution in [0.5, 0.6) is 5.75 Å². The van der Waals surface area contributed by atoms with E-state index in [1.165, 1.54) is 20.1 Å². The molecule has 0 saturated heterocycles. The molecular formula is C19H24N2O5S. The third kappa shape index (κ3) is 5.29. The molecule has 0 aliphatic heterocycles. The fourth-order valence-corrected chi connectivity index (χ4v) is 4.00. The van der Waals surface area contributed by atoms with Crippen molar-refractivity contribution >= 4 is 21.6 Å². The number of nitrogens with one attached hydrogen (secondary N) is 2. The minimum atomic E-state index is -3.75. The van der Waals surface area contributed by atoms with E-state index in [4.69, 9.17) is 9.47 Å². The number of para-hydroxylation sites is 1. The summed E-state index contributed by atoms with van der Waals surface area (Å²) in [5, 5.41) is 2.63. The van der Waals surface area contributed by atoms with E-state index in [-0.39, 0.29) is 17.3 Å². The smallest absolute Gasteiger partial charge is 0.240 e. The van der Waals surface area contributed by atoms with Crippen LogP contribution < -0.4 is 14.8 Å². The van der Waals surface area contributed by atoms with Gasteiger partial charge in [-0.2, -0.15) is 0 Å². The molecule has 0 fully saturated rings. The number of aryl methyl sites for hydroxylation is 1. The van der Waals surface area contributed by atoms with Gasteiger partial charge in [-0.15, -0.1) is 0 Å². The number of benzene rings is 2. The summed E-state index contributed by atoms with van der Waals surface area (Å²) in [4.78, 5) is 11.3. The summed E-state index contributed by atoms with van der Waals surface area (Å²) in [5.41, 5.74) is 1.82.